The largest absolute Gasteiger partial charge is 0.497 e. The van der Waals surface area contributed by atoms with Gasteiger partial charge >= 0.3 is 0 Å². The summed E-state index contributed by atoms with van der Waals surface area (Å²) < 4.78 is 6.96. The van der Waals surface area contributed by atoms with E-state index in [0.29, 0.717) is 5.82 Å². The minimum atomic E-state index is 0.680. The summed E-state index contributed by atoms with van der Waals surface area (Å²) in [5.41, 5.74) is 4.61. The second-order valence-corrected chi connectivity index (χ2v) is 6.88. The van der Waals surface area contributed by atoms with Crippen LogP contribution in [-0.4, -0.2) is 21.9 Å². The fourth-order valence-corrected chi connectivity index (χ4v) is 3.11. The van der Waals surface area contributed by atoms with Crippen molar-refractivity contribution >= 4 is 24.3 Å². The van der Waals surface area contributed by atoms with E-state index < -0.39 is 0 Å². The van der Waals surface area contributed by atoms with E-state index in [1.54, 1.807) is 11.8 Å². The fraction of sp³-hybridized carbons (Fsp3) is 0.0769. The standard InChI is InChI=1S/C26H23N3O/c1-29-26(19-13-21-10-16-24(30-2)17-11-21)27-25(28-29)18-12-20-8-14-23(15-9-20)22-6-4-3-5-7-22/h3-19H,1-2H3/b18-12+,19-13+. The molecule has 0 N–H and O–H groups in total. The molecule has 0 unspecified atom stereocenters. The maximum Gasteiger partial charge on any atom is 0.174 e. The van der Waals surface area contributed by atoms with Crippen molar-refractivity contribution in [3.05, 3.63) is 102 Å². The van der Waals surface area contributed by atoms with Crippen molar-refractivity contribution in [3.63, 3.8) is 0 Å². The van der Waals surface area contributed by atoms with E-state index in [2.05, 4.69) is 58.6 Å². The van der Waals surface area contributed by atoms with Gasteiger partial charge in [-0.15, -0.1) is 0 Å². The Hall–Kier alpha value is -3.92. The number of rotatable bonds is 6. The summed E-state index contributed by atoms with van der Waals surface area (Å²) >= 11 is 0. The molecule has 1 aromatic heterocycles. The summed E-state index contributed by atoms with van der Waals surface area (Å²) in [6, 6.07) is 26.7. The molecule has 0 fully saturated rings. The molecule has 0 radical (unpaired) electrons. The molecule has 4 nitrogen and oxygen atoms in total. The van der Waals surface area contributed by atoms with Crippen LogP contribution in [0.1, 0.15) is 22.8 Å². The third kappa shape index (κ3) is 4.73. The topological polar surface area (TPSA) is 39.9 Å². The summed E-state index contributed by atoms with van der Waals surface area (Å²) in [5.74, 6) is 2.32. The van der Waals surface area contributed by atoms with E-state index in [0.717, 1.165) is 22.7 Å². The van der Waals surface area contributed by atoms with Crippen LogP contribution in [0.15, 0.2) is 78.9 Å². The molecular weight excluding hydrogens is 370 g/mol. The monoisotopic (exact) mass is 393 g/mol. The highest BCUT2D eigenvalue weighted by atomic mass is 16.5. The summed E-state index contributed by atoms with van der Waals surface area (Å²) in [7, 11) is 3.56. The molecule has 30 heavy (non-hydrogen) atoms. The minimum absolute atomic E-state index is 0.680. The van der Waals surface area contributed by atoms with Gasteiger partial charge in [0.25, 0.3) is 0 Å². The lowest BCUT2D eigenvalue weighted by Gasteiger charge is -2.01. The molecule has 0 aliphatic carbocycles. The van der Waals surface area contributed by atoms with Crippen LogP contribution in [0.25, 0.3) is 35.4 Å². The van der Waals surface area contributed by atoms with Crippen molar-refractivity contribution in [2.45, 2.75) is 0 Å². The average Bonchev–Trinajstić information content (AvgIpc) is 3.17. The van der Waals surface area contributed by atoms with Gasteiger partial charge in [0.2, 0.25) is 0 Å². The molecule has 0 spiro atoms. The van der Waals surface area contributed by atoms with Gasteiger partial charge in [-0.25, -0.2) is 9.67 Å². The number of methoxy groups -OCH3 is 1. The fourth-order valence-electron chi connectivity index (χ4n) is 3.11. The van der Waals surface area contributed by atoms with Crippen molar-refractivity contribution in [2.75, 3.05) is 7.11 Å². The second kappa shape index (κ2) is 9.05. The number of hydrogen-bond donors (Lipinski definition) is 0. The van der Waals surface area contributed by atoms with Gasteiger partial charge in [0.1, 0.15) is 5.75 Å². The first-order valence-electron chi connectivity index (χ1n) is 9.78. The van der Waals surface area contributed by atoms with Crippen molar-refractivity contribution in [1.82, 2.24) is 14.8 Å². The number of benzene rings is 3. The highest BCUT2D eigenvalue weighted by molar-refractivity contribution is 5.71. The van der Waals surface area contributed by atoms with Gasteiger partial charge in [0.05, 0.1) is 7.11 Å². The van der Waals surface area contributed by atoms with Crippen molar-refractivity contribution in [2.24, 2.45) is 7.05 Å². The highest BCUT2D eigenvalue weighted by Crippen LogP contribution is 2.20. The molecule has 0 bridgehead atoms. The van der Waals surface area contributed by atoms with Crippen LogP contribution in [0.2, 0.25) is 0 Å². The Labute approximate surface area is 176 Å². The first-order chi connectivity index (χ1) is 14.7. The van der Waals surface area contributed by atoms with Crippen LogP contribution in [0.5, 0.6) is 5.75 Å². The highest BCUT2D eigenvalue weighted by Gasteiger charge is 2.02. The lowest BCUT2D eigenvalue weighted by molar-refractivity contribution is 0.415. The van der Waals surface area contributed by atoms with Crippen molar-refractivity contribution in [1.29, 1.82) is 0 Å². The molecule has 0 saturated heterocycles. The molecule has 0 saturated carbocycles. The molecule has 4 aromatic rings. The van der Waals surface area contributed by atoms with Crippen LogP contribution in [0.4, 0.5) is 0 Å². The lowest BCUT2D eigenvalue weighted by atomic mass is 10.0. The van der Waals surface area contributed by atoms with Crippen LogP contribution < -0.4 is 4.74 Å². The maximum absolute atomic E-state index is 5.19. The second-order valence-electron chi connectivity index (χ2n) is 6.88. The van der Waals surface area contributed by atoms with Gasteiger partial charge < -0.3 is 4.74 Å². The zero-order chi connectivity index (χ0) is 20.8. The van der Waals surface area contributed by atoms with Gasteiger partial charge in [-0.05, 0) is 46.5 Å². The van der Waals surface area contributed by atoms with Crippen LogP contribution in [0, 0.1) is 0 Å². The van der Waals surface area contributed by atoms with Gasteiger partial charge in [-0.2, -0.15) is 5.10 Å². The number of aromatic nitrogens is 3. The molecule has 1 heterocycles. The van der Waals surface area contributed by atoms with Crippen LogP contribution >= 0.6 is 0 Å². The summed E-state index contributed by atoms with van der Waals surface area (Å²) in [6.07, 6.45) is 7.93. The number of aryl methyl sites for hydroxylation is 1. The van der Waals surface area contributed by atoms with E-state index >= 15 is 0 Å². The van der Waals surface area contributed by atoms with E-state index in [1.165, 1.54) is 11.1 Å². The third-order valence-electron chi connectivity index (χ3n) is 4.80. The Morgan fingerprint density at radius 1 is 0.700 bits per heavy atom. The Morgan fingerprint density at radius 2 is 1.30 bits per heavy atom. The average molecular weight is 393 g/mol. The van der Waals surface area contributed by atoms with E-state index in [4.69, 9.17) is 4.74 Å². The number of hydrogen-bond acceptors (Lipinski definition) is 3. The van der Waals surface area contributed by atoms with Gasteiger partial charge in [-0.3, -0.25) is 0 Å². The smallest absolute Gasteiger partial charge is 0.174 e. The predicted molar refractivity (Wildman–Crippen MR) is 124 cm³/mol. The first kappa shape index (κ1) is 19.4. The number of nitrogens with zero attached hydrogens (tertiary/aromatic N) is 3. The number of ether oxygens (including phenoxy) is 1. The molecule has 0 aliphatic heterocycles. The van der Waals surface area contributed by atoms with Gasteiger partial charge in [-0.1, -0.05) is 78.9 Å². The molecule has 4 heteroatoms. The minimum Gasteiger partial charge on any atom is -0.497 e. The Balaban J connectivity index is 1.45. The third-order valence-corrected chi connectivity index (χ3v) is 4.80. The summed E-state index contributed by atoms with van der Waals surface area (Å²) in [4.78, 5) is 4.59. The van der Waals surface area contributed by atoms with E-state index in [-0.39, 0.29) is 0 Å². The molecule has 0 amide bonds. The molecule has 0 aliphatic rings. The van der Waals surface area contributed by atoms with Gasteiger partial charge in [0, 0.05) is 7.05 Å². The first-order valence-corrected chi connectivity index (χ1v) is 9.78. The Morgan fingerprint density at radius 3 is 1.97 bits per heavy atom. The molecule has 3 aromatic carbocycles. The molecule has 148 valence electrons. The van der Waals surface area contributed by atoms with Crippen LogP contribution in [-0.2, 0) is 7.05 Å². The summed E-state index contributed by atoms with van der Waals surface area (Å²) in [6.45, 7) is 0. The van der Waals surface area contributed by atoms with Gasteiger partial charge in [0.15, 0.2) is 11.6 Å². The van der Waals surface area contributed by atoms with Crippen molar-refractivity contribution < 1.29 is 4.74 Å². The molecule has 0 atom stereocenters. The zero-order valence-corrected chi connectivity index (χ0v) is 17.1. The quantitative estimate of drug-likeness (QED) is 0.414. The lowest BCUT2D eigenvalue weighted by Crippen LogP contribution is -1.93. The normalized spacial score (nSPS) is 11.4. The Kier molecular flexibility index (Phi) is 5.85. The van der Waals surface area contributed by atoms with E-state index in [1.807, 2.05) is 61.7 Å². The van der Waals surface area contributed by atoms with Crippen LogP contribution in [0.3, 0.4) is 0 Å². The van der Waals surface area contributed by atoms with Crippen molar-refractivity contribution in [3.8, 4) is 16.9 Å². The van der Waals surface area contributed by atoms with E-state index in [9.17, 15) is 0 Å². The SMILES string of the molecule is COc1ccc(/C=C/c2nc(/C=C/c3ccc(-c4ccccc4)cc3)nn2C)cc1. The molecule has 4 rings (SSSR count). The zero-order valence-electron chi connectivity index (χ0n) is 17.1. The maximum atomic E-state index is 5.19. The predicted octanol–water partition coefficient (Wildman–Crippen LogP) is 5.83. The molecular formula is C26H23N3O. The Bertz CT molecular complexity index is 1160. The summed E-state index contributed by atoms with van der Waals surface area (Å²) in [5, 5.41) is 4.48.